The molecule has 1 saturated heterocycles. The van der Waals surface area contributed by atoms with Crippen molar-refractivity contribution >= 4 is 73.3 Å². The Balaban J connectivity index is 1.62. The predicted octanol–water partition coefficient (Wildman–Crippen LogP) is 6.80. The molecule has 1 heterocycles. The number of amides is 2. The fourth-order valence-electron chi connectivity index (χ4n) is 3.49. The van der Waals surface area contributed by atoms with Gasteiger partial charge in [0.05, 0.1) is 21.6 Å². The number of hydrogen-bond donors (Lipinski definition) is 0. The number of carbonyl (C=O) groups is 2. The zero-order chi connectivity index (χ0) is 27.6. The highest BCUT2D eigenvalue weighted by Gasteiger charge is 2.35. The third-order valence-corrected chi connectivity index (χ3v) is 8.65. The minimum Gasteiger partial charge on any atom is -0.490 e. The first-order valence-corrected chi connectivity index (χ1v) is 14.8. The number of aryl methyl sites for hydroxylation is 1. The molecule has 0 aromatic heterocycles. The number of thioether (sulfide) groups is 1. The van der Waals surface area contributed by atoms with Crippen molar-refractivity contribution in [1.82, 2.24) is 4.90 Å². The molecule has 0 radical (unpaired) electrons. The number of nitrogens with zero attached hydrogens (tertiary/aromatic N) is 1. The van der Waals surface area contributed by atoms with Gasteiger partial charge in [-0.05, 0) is 102 Å². The summed E-state index contributed by atoms with van der Waals surface area (Å²) < 4.78 is 50.7. The van der Waals surface area contributed by atoms with E-state index in [0.29, 0.717) is 14.7 Å². The highest BCUT2D eigenvalue weighted by molar-refractivity contribution is 14.1. The van der Waals surface area contributed by atoms with Crippen molar-refractivity contribution in [2.75, 3.05) is 6.61 Å². The molecular formula is C26H20ClFINO6S2. The van der Waals surface area contributed by atoms with Crippen molar-refractivity contribution in [1.29, 1.82) is 0 Å². The molecule has 0 N–H and O–H groups in total. The van der Waals surface area contributed by atoms with E-state index in [1.165, 1.54) is 36.4 Å². The Kier molecular flexibility index (Phi) is 8.70. The summed E-state index contributed by atoms with van der Waals surface area (Å²) in [7, 11) is -4.13. The average Bonchev–Trinajstić information content (AvgIpc) is 3.10. The Bertz CT molecular complexity index is 1560. The lowest BCUT2D eigenvalue weighted by molar-refractivity contribution is -0.123. The summed E-state index contributed by atoms with van der Waals surface area (Å²) in [4.78, 5) is 26.7. The molecule has 7 nitrogen and oxygen atoms in total. The van der Waals surface area contributed by atoms with Crippen LogP contribution in [-0.4, -0.2) is 31.1 Å². The second-order valence-electron chi connectivity index (χ2n) is 8.12. The maximum atomic E-state index is 13.4. The minimum atomic E-state index is -4.13. The van der Waals surface area contributed by atoms with Crippen LogP contribution in [-0.2, 0) is 21.5 Å². The van der Waals surface area contributed by atoms with Crippen molar-refractivity contribution in [3.8, 4) is 11.5 Å². The van der Waals surface area contributed by atoms with Gasteiger partial charge in [-0.2, -0.15) is 8.42 Å². The van der Waals surface area contributed by atoms with E-state index in [-0.39, 0.29) is 39.5 Å². The van der Waals surface area contributed by atoms with E-state index in [1.54, 1.807) is 25.1 Å². The second kappa shape index (κ2) is 11.6. The van der Waals surface area contributed by atoms with Crippen LogP contribution in [0.2, 0.25) is 5.02 Å². The van der Waals surface area contributed by atoms with E-state index < -0.39 is 27.1 Å². The summed E-state index contributed by atoms with van der Waals surface area (Å²) >= 11 is 8.74. The molecular weight excluding hydrogens is 668 g/mol. The highest BCUT2D eigenvalue weighted by atomic mass is 127. The smallest absolute Gasteiger partial charge is 0.339 e. The fourth-order valence-corrected chi connectivity index (χ4v) is 6.39. The van der Waals surface area contributed by atoms with Crippen LogP contribution >= 0.6 is 46.0 Å². The molecule has 0 spiro atoms. The summed E-state index contributed by atoms with van der Waals surface area (Å²) in [5, 5.41) is -0.384. The molecule has 0 saturated carbocycles. The van der Waals surface area contributed by atoms with Crippen LogP contribution in [0.25, 0.3) is 6.08 Å². The van der Waals surface area contributed by atoms with Gasteiger partial charge >= 0.3 is 10.1 Å². The number of imide groups is 1. The summed E-state index contributed by atoms with van der Waals surface area (Å²) in [5.41, 5.74) is 1.84. The number of carbonyl (C=O) groups excluding carboxylic acids is 2. The minimum absolute atomic E-state index is 0.000331. The number of halogens is 3. The van der Waals surface area contributed by atoms with E-state index in [1.807, 2.05) is 29.5 Å². The Labute approximate surface area is 242 Å². The largest absolute Gasteiger partial charge is 0.490 e. The van der Waals surface area contributed by atoms with E-state index in [4.69, 9.17) is 20.5 Å². The lowest BCUT2D eigenvalue weighted by atomic mass is 10.1. The van der Waals surface area contributed by atoms with Crippen LogP contribution in [0.4, 0.5) is 9.18 Å². The summed E-state index contributed by atoms with van der Waals surface area (Å²) in [6, 6.07) is 13.2. The molecule has 0 bridgehead atoms. The fraction of sp³-hybridized carbons (Fsp3) is 0.154. The third-order valence-electron chi connectivity index (χ3n) is 5.35. The quantitative estimate of drug-likeness (QED) is 0.146. The standard InChI is InChI=1S/C26H20ClFINO6S2/c1-3-35-22-11-16(10-21(29)24(22)36-38(33,34)19-8-4-15(2)5-9-19)12-23-25(31)30(26(32)37-23)14-17-6-7-18(28)13-20(17)27/h4-13H,3,14H2,1-2H3/b23-12-. The van der Waals surface area contributed by atoms with Gasteiger partial charge in [-0.15, -0.1) is 0 Å². The molecule has 1 fully saturated rings. The van der Waals surface area contributed by atoms with Gasteiger partial charge in [-0.25, -0.2) is 4.39 Å². The van der Waals surface area contributed by atoms with Crippen molar-refractivity contribution in [3.63, 3.8) is 0 Å². The van der Waals surface area contributed by atoms with E-state index in [2.05, 4.69) is 0 Å². The Morgan fingerprint density at radius 2 is 1.82 bits per heavy atom. The molecule has 0 aliphatic carbocycles. The lowest BCUT2D eigenvalue weighted by Gasteiger charge is -2.15. The molecule has 0 atom stereocenters. The van der Waals surface area contributed by atoms with Crippen LogP contribution in [0.15, 0.2) is 64.4 Å². The lowest BCUT2D eigenvalue weighted by Crippen LogP contribution is -2.27. The highest BCUT2D eigenvalue weighted by Crippen LogP contribution is 2.39. The van der Waals surface area contributed by atoms with E-state index in [9.17, 15) is 22.4 Å². The van der Waals surface area contributed by atoms with Crippen LogP contribution in [0, 0.1) is 16.3 Å². The zero-order valence-electron chi connectivity index (χ0n) is 20.0. The molecule has 4 rings (SSSR count). The van der Waals surface area contributed by atoms with Crippen LogP contribution in [0.5, 0.6) is 11.5 Å². The van der Waals surface area contributed by atoms with Crippen molar-refractivity contribution in [2.45, 2.75) is 25.3 Å². The molecule has 2 amide bonds. The maximum absolute atomic E-state index is 13.4. The van der Waals surface area contributed by atoms with Gasteiger partial charge in [0.25, 0.3) is 11.1 Å². The number of benzene rings is 3. The van der Waals surface area contributed by atoms with E-state index >= 15 is 0 Å². The van der Waals surface area contributed by atoms with Crippen LogP contribution in [0.1, 0.15) is 23.6 Å². The van der Waals surface area contributed by atoms with Gasteiger partial charge in [-0.3, -0.25) is 14.5 Å². The monoisotopic (exact) mass is 687 g/mol. The molecule has 12 heteroatoms. The van der Waals surface area contributed by atoms with Crippen molar-refractivity contribution in [2.24, 2.45) is 0 Å². The SMILES string of the molecule is CCOc1cc(/C=C2\SC(=O)N(Cc3ccc(F)cc3Cl)C2=O)cc(I)c1OS(=O)(=O)c1ccc(C)cc1. The number of hydrogen-bond acceptors (Lipinski definition) is 7. The maximum Gasteiger partial charge on any atom is 0.339 e. The van der Waals surface area contributed by atoms with Gasteiger partial charge < -0.3 is 8.92 Å². The molecule has 3 aromatic carbocycles. The first kappa shape index (κ1) is 28.4. The Hall–Kier alpha value is -2.61. The topological polar surface area (TPSA) is 90.0 Å². The van der Waals surface area contributed by atoms with Crippen molar-refractivity contribution < 1.29 is 31.3 Å². The van der Waals surface area contributed by atoms with Gasteiger partial charge in [-0.1, -0.05) is 35.4 Å². The molecule has 1 aliphatic rings. The summed E-state index contributed by atoms with van der Waals surface area (Å²) in [6.45, 7) is 3.71. The summed E-state index contributed by atoms with van der Waals surface area (Å²) in [5.74, 6) is -0.870. The van der Waals surface area contributed by atoms with Gasteiger partial charge in [0.1, 0.15) is 10.7 Å². The predicted molar refractivity (Wildman–Crippen MR) is 152 cm³/mol. The Morgan fingerprint density at radius 3 is 2.47 bits per heavy atom. The molecule has 0 unspecified atom stereocenters. The van der Waals surface area contributed by atoms with Crippen molar-refractivity contribution in [3.05, 3.63) is 90.6 Å². The van der Waals surface area contributed by atoms with Gasteiger partial charge in [0.15, 0.2) is 11.5 Å². The molecule has 38 heavy (non-hydrogen) atoms. The second-order valence-corrected chi connectivity index (χ2v) is 12.2. The normalized spacial score (nSPS) is 14.9. The number of ether oxygens (including phenoxy) is 1. The van der Waals surface area contributed by atoms with E-state index in [0.717, 1.165) is 28.3 Å². The first-order chi connectivity index (χ1) is 18.0. The zero-order valence-corrected chi connectivity index (χ0v) is 24.6. The molecule has 198 valence electrons. The Morgan fingerprint density at radius 1 is 1.11 bits per heavy atom. The third kappa shape index (κ3) is 6.33. The molecule has 3 aromatic rings. The van der Waals surface area contributed by atoms with Crippen LogP contribution in [0.3, 0.4) is 0 Å². The molecule has 1 aliphatic heterocycles. The van der Waals surface area contributed by atoms with Gasteiger partial charge in [0.2, 0.25) is 0 Å². The summed E-state index contributed by atoms with van der Waals surface area (Å²) in [6.07, 6.45) is 1.51. The van der Waals surface area contributed by atoms with Crippen LogP contribution < -0.4 is 8.92 Å². The average molecular weight is 688 g/mol. The van der Waals surface area contributed by atoms with Gasteiger partial charge in [0, 0.05) is 5.02 Å². The number of rotatable bonds is 8. The first-order valence-electron chi connectivity index (χ1n) is 11.2.